The molecule has 1 aliphatic rings. The fourth-order valence-electron chi connectivity index (χ4n) is 3.04. The smallest absolute Gasteiger partial charge is 0.251 e. The Balaban J connectivity index is 1.69. The summed E-state index contributed by atoms with van der Waals surface area (Å²) in [5.74, 6) is 1.97. The van der Waals surface area contributed by atoms with Gasteiger partial charge in [0.2, 0.25) is 0 Å². The standard InChI is InChI=1S/C20H25N3O4/c1-14-17(25-2)11-16(12-18(14)26-3)20(24)22-13-15-4-5-21-19(10-15)23-6-8-27-9-7-23/h4-5,10-12H,6-9,13H2,1-3H3,(H,22,24). The number of carbonyl (C=O) groups is 1. The number of amides is 1. The Morgan fingerprint density at radius 2 is 1.85 bits per heavy atom. The summed E-state index contributed by atoms with van der Waals surface area (Å²) in [5.41, 5.74) is 2.35. The first-order valence-electron chi connectivity index (χ1n) is 8.91. The number of benzene rings is 1. The Hall–Kier alpha value is -2.80. The molecule has 1 N–H and O–H groups in total. The lowest BCUT2D eigenvalue weighted by Crippen LogP contribution is -2.36. The quantitative estimate of drug-likeness (QED) is 0.839. The zero-order valence-electron chi connectivity index (χ0n) is 15.9. The normalized spacial score (nSPS) is 14.0. The summed E-state index contributed by atoms with van der Waals surface area (Å²) in [6, 6.07) is 7.35. The van der Waals surface area contributed by atoms with E-state index in [2.05, 4.69) is 15.2 Å². The summed E-state index contributed by atoms with van der Waals surface area (Å²) in [4.78, 5) is 19.2. The van der Waals surface area contributed by atoms with E-state index in [0.29, 0.717) is 36.8 Å². The first-order valence-corrected chi connectivity index (χ1v) is 8.91. The lowest BCUT2D eigenvalue weighted by atomic mass is 10.1. The molecule has 1 saturated heterocycles. The maximum Gasteiger partial charge on any atom is 0.251 e. The Bertz CT molecular complexity index is 779. The second-order valence-electron chi connectivity index (χ2n) is 6.31. The molecule has 144 valence electrons. The van der Waals surface area contributed by atoms with Crippen LogP contribution in [0.2, 0.25) is 0 Å². The van der Waals surface area contributed by atoms with Crippen LogP contribution in [0, 0.1) is 6.92 Å². The number of hydrogen-bond donors (Lipinski definition) is 1. The molecule has 3 rings (SSSR count). The number of morpholine rings is 1. The van der Waals surface area contributed by atoms with Crippen molar-refractivity contribution < 1.29 is 19.0 Å². The fourth-order valence-corrected chi connectivity index (χ4v) is 3.04. The van der Waals surface area contributed by atoms with Crippen molar-refractivity contribution in [3.63, 3.8) is 0 Å². The highest BCUT2D eigenvalue weighted by atomic mass is 16.5. The average molecular weight is 371 g/mol. The highest BCUT2D eigenvalue weighted by Gasteiger charge is 2.15. The minimum absolute atomic E-state index is 0.184. The third kappa shape index (κ3) is 4.49. The van der Waals surface area contributed by atoms with E-state index in [4.69, 9.17) is 14.2 Å². The van der Waals surface area contributed by atoms with Crippen LogP contribution >= 0.6 is 0 Å². The zero-order chi connectivity index (χ0) is 19.2. The van der Waals surface area contributed by atoms with Crippen LogP contribution in [0.25, 0.3) is 0 Å². The third-order valence-corrected chi connectivity index (χ3v) is 4.61. The van der Waals surface area contributed by atoms with Crippen molar-refractivity contribution in [2.45, 2.75) is 13.5 Å². The van der Waals surface area contributed by atoms with Gasteiger partial charge >= 0.3 is 0 Å². The summed E-state index contributed by atoms with van der Waals surface area (Å²) in [6.45, 7) is 5.37. The van der Waals surface area contributed by atoms with E-state index < -0.39 is 0 Å². The molecule has 0 saturated carbocycles. The molecule has 0 aliphatic carbocycles. The van der Waals surface area contributed by atoms with Crippen molar-refractivity contribution in [2.24, 2.45) is 0 Å². The van der Waals surface area contributed by atoms with Crippen molar-refractivity contribution in [1.82, 2.24) is 10.3 Å². The minimum Gasteiger partial charge on any atom is -0.496 e. The molecule has 2 heterocycles. The fraction of sp³-hybridized carbons (Fsp3) is 0.400. The summed E-state index contributed by atoms with van der Waals surface area (Å²) in [6.07, 6.45) is 1.77. The van der Waals surface area contributed by atoms with Crippen molar-refractivity contribution in [1.29, 1.82) is 0 Å². The maximum absolute atomic E-state index is 12.6. The molecule has 0 bridgehead atoms. The van der Waals surface area contributed by atoms with E-state index in [-0.39, 0.29) is 5.91 Å². The molecule has 7 nitrogen and oxygen atoms in total. The molecule has 1 aromatic heterocycles. The molecular weight excluding hydrogens is 346 g/mol. The number of nitrogens with zero attached hydrogens (tertiary/aromatic N) is 2. The number of hydrogen-bond acceptors (Lipinski definition) is 6. The van der Waals surface area contributed by atoms with Gasteiger partial charge in [0.15, 0.2) is 0 Å². The molecule has 0 unspecified atom stereocenters. The third-order valence-electron chi connectivity index (χ3n) is 4.61. The molecule has 1 aromatic carbocycles. The maximum atomic E-state index is 12.6. The molecule has 1 amide bonds. The van der Waals surface area contributed by atoms with Gasteiger partial charge in [-0.3, -0.25) is 4.79 Å². The van der Waals surface area contributed by atoms with Gasteiger partial charge in [0, 0.05) is 37.0 Å². The van der Waals surface area contributed by atoms with E-state index >= 15 is 0 Å². The molecule has 0 atom stereocenters. The van der Waals surface area contributed by atoms with Gasteiger partial charge < -0.3 is 24.4 Å². The molecule has 27 heavy (non-hydrogen) atoms. The molecule has 7 heteroatoms. The SMILES string of the molecule is COc1cc(C(=O)NCc2ccnc(N3CCOCC3)c2)cc(OC)c1C. The molecule has 1 fully saturated rings. The number of methoxy groups -OCH3 is 2. The van der Waals surface area contributed by atoms with Crippen LogP contribution in [0.15, 0.2) is 30.5 Å². The van der Waals surface area contributed by atoms with Gasteiger partial charge in [0.1, 0.15) is 17.3 Å². The molecule has 0 spiro atoms. The van der Waals surface area contributed by atoms with E-state index in [0.717, 1.165) is 30.0 Å². The molecule has 0 radical (unpaired) electrons. The van der Waals surface area contributed by atoms with Gasteiger partial charge in [0.25, 0.3) is 5.91 Å². The summed E-state index contributed by atoms with van der Waals surface area (Å²) >= 11 is 0. The van der Waals surface area contributed by atoms with Gasteiger partial charge in [-0.05, 0) is 36.8 Å². The number of ether oxygens (including phenoxy) is 3. The Morgan fingerprint density at radius 1 is 1.19 bits per heavy atom. The van der Waals surface area contributed by atoms with Gasteiger partial charge in [0.05, 0.1) is 27.4 Å². The van der Waals surface area contributed by atoms with Crippen LogP contribution in [0.4, 0.5) is 5.82 Å². The van der Waals surface area contributed by atoms with E-state index in [9.17, 15) is 4.79 Å². The first-order chi connectivity index (χ1) is 13.1. The largest absolute Gasteiger partial charge is 0.496 e. The van der Waals surface area contributed by atoms with Crippen molar-refractivity contribution >= 4 is 11.7 Å². The van der Waals surface area contributed by atoms with E-state index in [1.165, 1.54) is 0 Å². The lowest BCUT2D eigenvalue weighted by molar-refractivity contribution is 0.0950. The summed E-state index contributed by atoms with van der Waals surface area (Å²) < 4.78 is 16.1. The average Bonchev–Trinajstić information content (AvgIpc) is 2.73. The predicted octanol–water partition coefficient (Wildman–Crippen LogP) is 2.17. The summed E-state index contributed by atoms with van der Waals surface area (Å²) in [7, 11) is 3.15. The van der Waals surface area contributed by atoms with E-state index in [1.807, 2.05) is 19.1 Å². The Morgan fingerprint density at radius 3 is 2.48 bits per heavy atom. The molecule has 2 aromatic rings. The van der Waals surface area contributed by atoms with Gasteiger partial charge in [-0.15, -0.1) is 0 Å². The van der Waals surface area contributed by atoms with Crippen LogP contribution < -0.4 is 19.7 Å². The minimum atomic E-state index is -0.184. The van der Waals surface area contributed by atoms with Crippen molar-refractivity contribution in [3.8, 4) is 11.5 Å². The number of rotatable bonds is 6. The van der Waals surface area contributed by atoms with Gasteiger partial charge in [-0.25, -0.2) is 4.98 Å². The topological polar surface area (TPSA) is 72.9 Å². The van der Waals surface area contributed by atoms with Crippen LogP contribution in [-0.4, -0.2) is 51.4 Å². The van der Waals surface area contributed by atoms with Crippen molar-refractivity contribution in [3.05, 3.63) is 47.2 Å². The van der Waals surface area contributed by atoms with E-state index in [1.54, 1.807) is 32.5 Å². The Kier molecular flexibility index (Phi) is 6.13. The molecule has 1 aliphatic heterocycles. The number of nitrogens with one attached hydrogen (secondary N) is 1. The summed E-state index contributed by atoms with van der Waals surface area (Å²) in [5, 5.41) is 2.95. The van der Waals surface area contributed by atoms with Gasteiger partial charge in [-0.1, -0.05) is 0 Å². The monoisotopic (exact) mass is 371 g/mol. The number of carbonyl (C=O) groups excluding carboxylic acids is 1. The lowest BCUT2D eigenvalue weighted by Gasteiger charge is -2.28. The number of anilines is 1. The molecular formula is C20H25N3O4. The second kappa shape index (κ2) is 8.73. The number of aromatic nitrogens is 1. The van der Waals surface area contributed by atoms with Crippen LogP contribution in [0.3, 0.4) is 0 Å². The van der Waals surface area contributed by atoms with Gasteiger partial charge in [-0.2, -0.15) is 0 Å². The van der Waals surface area contributed by atoms with Crippen LogP contribution in [0.5, 0.6) is 11.5 Å². The predicted molar refractivity (Wildman–Crippen MR) is 103 cm³/mol. The Labute approximate surface area is 159 Å². The first kappa shape index (κ1) is 19.0. The second-order valence-corrected chi connectivity index (χ2v) is 6.31. The highest BCUT2D eigenvalue weighted by Crippen LogP contribution is 2.29. The van der Waals surface area contributed by atoms with Crippen LogP contribution in [-0.2, 0) is 11.3 Å². The number of pyridine rings is 1. The van der Waals surface area contributed by atoms with Crippen LogP contribution in [0.1, 0.15) is 21.5 Å². The highest BCUT2D eigenvalue weighted by molar-refractivity contribution is 5.95. The van der Waals surface area contributed by atoms with Crippen molar-refractivity contribution in [2.75, 3.05) is 45.4 Å². The zero-order valence-corrected chi connectivity index (χ0v) is 15.9.